The van der Waals surface area contributed by atoms with Crippen LogP contribution in [0.2, 0.25) is 5.02 Å². The largest absolute Gasteiger partial charge is 0.345 e. The quantitative estimate of drug-likeness (QED) is 0.206. The average Bonchev–Trinajstić information content (AvgIpc) is 3.46. The van der Waals surface area contributed by atoms with Crippen molar-refractivity contribution in [3.05, 3.63) is 101 Å². The van der Waals surface area contributed by atoms with Gasteiger partial charge in [0, 0.05) is 33.6 Å². The molecule has 1 aliphatic carbocycles. The van der Waals surface area contributed by atoms with E-state index in [0.717, 1.165) is 41.1 Å². The van der Waals surface area contributed by atoms with Crippen molar-refractivity contribution in [3.63, 3.8) is 0 Å². The number of carbonyl (C=O) groups is 2. The van der Waals surface area contributed by atoms with Gasteiger partial charge in [-0.3, -0.25) is 9.59 Å². The lowest BCUT2D eigenvalue weighted by atomic mass is 9.94. The minimum Gasteiger partial charge on any atom is -0.345 e. The summed E-state index contributed by atoms with van der Waals surface area (Å²) in [5.74, 6) is 0.929. The number of rotatable bonds is 8. The van der Waals surface area contributed by atoms with Crippen LogP contribution < -0.4 is 16.0 Å². The Labute approximate surface area is 244 Å². The minimum atomic E-state index is -0.140. The molecule has 6 rings (SSSR count). The maximum atomic E-state index is 13.3. The third-order valence-corrected chi connectivity index (χ3v) is 8.21. The molecule has 208 valence electrons. The topological polar surface area (TPSA) is 96.0 Å². The Morgan fingerprint density at radius 1 is 1.02 bits per heavy atom. The third kappa shape index (κ3) is 6.41. The normalized spacial score (nSPS) is 15.3. The summed E-state index contributed by atoms with van der Waals surface area (Å²) in [5.41, 5.74) is 5.30. The van der Waals surface area contributed by atoms with E-state index in [0.29, 0.717) is 27.9 Å². The number of anilines is 3. The SMILES string of the molecule is O=C1Cc2cnc(Nc3ccc(C(=O)NC(CCC4CCCC4)c4ccccc4)cc3)nc2-c2ccc(Cl)cc2N1. The van der Waals surface area contributed by atoms with Gasteiger partial charge in [0.25, 0.3) is 5.91 Å². The Kier molecular flexibility index (Phi) is 7.96. The van der Waals surface area contributed by atoms with Crippen molar-refractivity contribution in [2.75, 3.05) is 10.6 Å². The zero-order chi connectivity index (χ0) is 28.2. The van der Waals surface area contributed by atoms with Gasteiger partial charge in [0.15, 0.2) is 0 Å². The van der Waals surface area contributed by atoms with Crippen molar-refractivity contribution in [1.82, 2.24) is 15.3 Å². The van der Waals surface area contributed by atoms with E-state index in [-0.39, 0.29) is 24.3 Å². The van der Waals surface area contributed by atoms with Gasteiger partial charge >= 0.3 is 0 Å². The summed E-state index contributed by atoms with van der Waals surface area (Å²) in [7, 11) is 0. The number of halogens is 1. The number of hydrogen-bond donors (Lipinski definition) is 3. The van der Waals surface area contributed by atoms with E-state index in [2.05, 4.69) is 33.1 Å². The number of hydrogen-bond acceptors (Lipinski definition) is 5. The first-order valence-corrected chi connectivity index (χ1v) is 14.6. The van der Waals surface area contributed by atoms with Crippen LogP contribution in [0, 0.1) is 5.92 Å². The summed E-state index contributed by atoms with van der Waals surface area (Å²) in [4.78, 5) is 34.8. The predicted molar refractivity (Wildman–Crippen MR) is 162 cm³/mol. The summed E-state index contributed by atoms with van der Waals surface area (Å²) < 4.78 is 0. The van der Waals surface area contributed by atoms with Gasteiger partial charge in [0.1, 0.15) is 0 Å². The highest BCUT2D eigenvalue weighted by Crippen LogP contribution is 2.35. The number of amides is 2. The number of benzene rings is 3. The fourth-order valence-electron chi connectivity index (χ4n) is 5.81. The molecule has 2 heterocycles. The Morgan fingerprint density at radius 2 is 1.80 bits per heavy atom. The highest BCUT2D eigenvalue weighted by molar-refractivity contribution is 6.31. The van der Waals surface area contributed by atoms with Crippen LogP contribution >= 0.6 is 11.6 Å². The van der Waals surface area contributed by atoms with Crippen molar-refractivity contribution < 1.29 is 9.59 Å². The monoisotopic (exact) mass is 565 g/mol. The standard InChI is InChI=1S/C33H32ClN5O2/c34-25-13-16-27-29(19-25)37-30(40)18-24-20-35-33(39-31(24)27)36-26-14-11-23(12-15-26)32(41)38-28(22-8-2-1-3-9-22)17-10-21-6-4-5-7-21/h1-3,8-9,11-16,19-21,28H,4-7,10,17-18H2,(H,37,40)(H,38,41)(H,35,36,39). The summed E-state index contributed by atoms with van der Waals surface area (Å²) in [6.07, 6.45) is 9.16. The van der Waals surface area contributed by atoms with E-state index in [1.807, 2.05) is 36.4 Å². The first-order valence-electron chi connectivity index (χ1n) is 14.2. The molecular weight excluding hydrogens is 534 g/mol. The molecule has 1 aromatic heterocycles. The molecule has 1 aliphatic heterocycles. The zero-order valence-electron chi connectivity index (χ0n) is 22.7. The second-order valence-corrected chi connectivity index (χ2v) is 11.3. The minimum absolute atomic E-state index is 0.0193. The second kappa shape index (κ2) is 12.1. The summed E-state index contributed by atoms with van der Waals surface area (Å²) >= 11 is 6.15. The Bertz CT molecular complexity index is 1550. The molecule has 2 aliphatic rings. The van der Waals surface area contributed by atoms with Gasteiger partial charge in [0.05, 0.1) is 23.8 Å². The Hall–Kier alpha value is -4.23. The summed E-state index contributed by atoms with van der Waals surface area (Å²) in [5, 5.41) is 9.93. The first-order chi connectivity index (χ1) is 20.0. The highest BCUT2D eigenvalue weighted by Gasteiger charge is 2.22. The van der Waals surface area contributed by atoms with E-state index < -0.39 is 0 Å². The molecule has 1 fully saturated rings. The molecule has 2 amide bonds. The lowest BCUT2D eigenvalue weighted by Gasteiger charge is -2.21. The van der Waals surface area contributed by atoms with Crippen molar-refractivity contribution in [3.8, 4) is 11.3 Å². The maximum absolute atomic E-state index is 13.3. The lowest BCUT2D eigenvalue weighted by Crippen LogP contribution is -2.29. The summed E-state index contributed by atoms with van der Waals surface area (Å²) in [6.45, 7) is 0. The van der Waals surface area contributed by atoms with Gasteiger partial charge in [-0.15, -0.1) is 0 Å². The van der Waals surface area contributed by atoms with E-state index in [4.69, 9.17) is 16.6 Å². The highest BCUT2D eigenvalue weighted by atomic mass is 35.5. The molecule has 1 saturated carbocycles. The molecule has 41 heavy (non-hydrogen) atoms. The van der Waals surface area contributed by atoms with Crippen LogP contribution in [-0.4, -0.2) is 21.8 Å². The smallest absolute Gasteiger partial charge is 0.251 e. The molecule has 7 nitrogen and oxygen atoms in total. The number of carbonyl (C=O) groups excluding carboxylic acids is 2. The number of nitrogens with zero attached hydrogens (tertiary/aromatic N) is 2. The van der Waals surface area contributed by atoms with Crippen LogP contribution in [0.4, 0.5) is 17.3 Å². The number of nitrogens with one attached hydrogen (secondary N) is 3. The van der Waals surface area contributed by atoms with Crippen molar-refractivity contribution >= 4 is 40.7 Å². The van der Waals surface area contributed by atoms with Crippen molar-refractivity contribution in [2.45, 2.75) is 51.0 Å². The fraction of sp³-hybridized carbons (Fsp3) is 0.273. The molecule has 0 saturated heterocycles. The van der Waals surface area contributed by atoms with E-state index >= 15 is 0 Å². The van der Waals surface area contributed by atoms with Crippen molar-refractivity contribution in [2.24, 2.45) is 5.92 Å². The maximum Gasteiger partial charge on any atom is 0.251 e. The lowest BCUT2D eigenvalue weighted by molar-refractivity contribution is -0.115. The van der Waals surface area contributed by atoms with Crippen LogP contribution in [0.3, 0.4) is 0 Å². The van der Waals surface area contributed by atoms with Gasteiger partial charge in [-0.2, -0.15) is 0 Å². The van der Waals surface area contributed by atoms with Gasteiger partial charge in [-0.1, -0.05) is 67.6 Å². The number of aromatic nitrogens is 2. The number of fused-ring (bicyclic) bond motifs is 3. The molecular formula is C33H32ClN5O2. The van der Waals surface area contributed by atoms with Crippen LogP contribution in [0.25, 0.3) is 11.3 Å². The zero-order valence-corrected chi connectivity index (χ0v) is 23.5. The third-order valence-electron chi connectivity index (χ3n) is 7.98. The van der Waals surface area contributed by atoms with Gasteiger partial charge in [-0.05, 0) is 66.8 Å². The van der Waals surface area contributed by atoms with Crippen LogP contribution in [-0.2, 0) is 11.2 Å². The van der Waals surface area contributed by atoms with Crippen molar-refractivity contribution in [1.29, 1.82) is 0 Å². The molecule has 4 aromatic rings. The van der Waals surface area contributed by atoms with Gasteiger partial charge in [-0.25, -0.2) is 9.97 Å². The Balaban J connectivity index is 1.16. The molecule has 3 aromatic carbocycles. The molecule has 3 N–H and O–H groups in total. The van der Waals surface area contributed by atoms with Gasteiger partial charge < -0.3 is 16.0 Å². The first kappa shape index (κ1) is 27.0. The van der Waals surface area contributed by atoms with Crippen LogP contribution in [0.1, 0.15) is 66.1 Å². The molecule has 0 radical (unpaired) electrons. The van der Waals surface area contributed by atoms with E-state index in [1.165, 1.54) is 25.7 Å². The molecule has 0 spiro atoms. The van der Waals surface area contributed by atoms with E-state index in [1.54, 1.807) is 30.5 Å². The summed E-state index contributed by atoms with van der Waals surface area (Å²) in [6, 6.07) is 22.9. The van der Waals surface area contributed by atoms with E-state index in [9.17, 15) is 9.59 Å². The fourth-order valence-corrected chi connectivity index (χ4v) is 5.98. The molecule has 0 bridgehead atoms. The second-order valence-electron chi connectivity index (χ2n) is 10.8. The predicted octanol–water partition coefficient (Wildman–Crippen LogP) is 7.48. The van der Waals surface area contributed by atoms with Crippen LogP contribution in [0.5, 0.6) is 0 Å². The van der Waals surface area contributed by atoms with Gasteiger partial charge in [0.2, 0.25) is 11.9 Å². The average molecular weight is 566 g/mol. The Morgan fingerprint density at radius 3 is 2.59 bits per heavy atom. The molecule has 8 heteroatoms. The molecule has 1 unspecified atom stereocenters. The molecule has 1 atom stereocenters. The van der Waals surface area contributed by atoms with Crippen LogP contribution in [0.15, 0.2) is 79.0 Å².